The summed E-state index contributed by atoms with van der Waals surface area (Å²) < 4.78 is 10.1. The van der Waals surface area contributed by atoms with E-state index in [1.807, 2.05) is 6.92 Å². The molecule has 1 aromatic carbocycles. The number of carbonyl (C=O) groups excluding carboxylic acids is 2. The standard InChI is InChI=1S/C13H17NO4/c1-2-3-8-17-12(15)9-18-11-6-4-10(5-7-11)13(14)16/h4-7H,2-3,8-9H2,1H3,(H2,14,16). The van der Waals surface area contributed by atoms with Crippen molar-refractivity contribution >= 4 is 11.9 Å². The predicted octanol–water partition coefficient (Wildman–Crippen LogP) is 1.51. The lowest BCUT2D eigenvalue weighted by molar-refractivity contribution is -0.146. The average Bonchev–Trinajstić information content (AvgIpc) is 2.37. The van der Waals surface area contributed by atoms with Crippen molar-refractivity contribution < 1.29 is 19.1 Å². The minimum Gasteiger partial charge on any atom is -0.482 e. The third kappa shape index (κ3) is 4.86. The van der Waals surface area contributed by atoms with Crippen molar-refractivity contribution in [3.05, 3.63) is 29.8 Å². The van der Waals surface area contributed by atoms with Crippen molar-refractivity contribution in [2.75, 3.05) is 13.2 Å². The van der Waals surface area contributed by atoms with Crippen LogP contribution >= 0.6 is 0 Å². The number of benzene rings is 1. The molecular formula is C13H17NO4. The Morgan fingerprint density at radius 2 is 1.89 bits per heavy atom. The number of amides is 1. The van der Waals surface area contributed by atoms with Crippen molar-refractivity contribution in [1.82, 2.24) is 0 Å². The number of hydrogen-bond donors (Lipinski definition) is 1. The van der Waals surface area contributed by atoms with E-state index in [9.17, 15) is 9.59 Å². The molecule has 0 spiro atoms. The molecule has 1 aromatic rings. The second-order valence-electron chi connectivity index (χ2n) is 3.75. The monoisotopic (exact) mass is 251 g/mol. The molecule has 0 aromatic heterocycles. The van der Waals surface area contributed by atoms with Gasteiger partial charge in [-0.05, 0) is 30.7 Å². The molecule has 0 unspecified atom stereocenters. The minimum atomic E-state index is -0.500. The summed E-state index contributed by atoms with van der Waals surface area (Å²) in [6.45, 7) is 2.30. The highest BCUT2D eigenvalue weighted by atomic mass is 16.6. The van der Waals surface area contributed by atoms with Crippen molar-refractivity contribution in [3.63, 3.8) is 0 Å². The molecule has 18 heavy (non-hydrogen) atoms. The third-order valence-corrected chi connectivity index (χ3v) is 2.26. The fraction of sp³-hybridized carbons (Fsp3) is 0.385. The maximum atomic E-state index is 11.2. The van der Waals surface area contributed by atoms with E-state index in [0.717, 1.165) is 12.8 Å². The van der Waals surface area contributed by atoms with Crippen LogP contribution in [-0.2, 0) is 9.53 Å². The first-order valence-electron chi connectivity index (χ1n) is 5.81. The van der Waals surface area contributed by atoms with E-state index in [4.69, 9.17) is 15.2 Å². The number of carbonyl (C=O) groups is 2. The van der Waals surface area contributed by atoms with Crippen LogP contribution in [0.4, 0.5) is 0 Å². The molecule has 0 fully saturated rings. The first kappa shape index (κ1) is 14.0. The molecule has 98 valence electrons. The molecule has 0 aliphatic rings. The highest BCUT2D eigenvalue weighted by Gasteiger charge is 2.05. The lowest BCUT2D eigenvalue weighted by Crippen LogP contribution is -2.15. The van der Waals surface area contributed by atoms with Crippen LogP contribution in [0.2, 0.25) is 0 Å². The third-order valence-electron chi connectivity index (χ3n) is 2.26. The van der Waals surface area contributed by atoms with E-state index >= 15 is 0 Å². The summed E-state index contributed by atoms with van der Waals surface area (Å²) in [5, 5.41) is 0. The molecule has 0 aliphatic heterocycles. The summed E-state index contributed by atoms with van der Waals surface area (Å²) in [6, 6.07) is 6.25. The van der Waals surface area contributed by atoms with Gasteiger partial charge in [-0.3, -0.25) is 4.79 Å². The fourth-order valence-electron chi connectivity index (χ4n) is 1.23. The molecule has 2 N–H and O–H groups in total. The second kappa shape index (κ2) is 7.32. The van der Waals surface area contributed by atoms with Gasteiger partial charge in [0, 0.05) is 5.56 Å². The molecule has 5 heteroatoms. The van der Waals surface area contributed by atoms with Crippen molar-refractivity contribution in [3.8, 4) is 5.75 Å². The number of esters is 1. The highest BCUT2D eigenvalue weighted by Crippen LogP contribution is 2.11. The Balaban J connectivity index is 2.34. The summed E-state index contributed by atoms with van der Waals surface area (Å²) in [5.74, 6) is -0.407. The number of unbranched alkanes of at least 4 members (excludes halogenated alkanes) is 1. The Morgan fingerprint density at radius 3 is 2.44 bits per heavy atom. The number of nitrogens with two attached hydrogens (primary N) is 1. The van der Waals surface area contributed by atoms with Crippen LogP contribution in [0, 0.1) is 0 Å². The summed E-state index contributed by atoms with van der Waals surface area (Å²) in [5.41, 5.74) is 5.50. The smallest absolute Gasteiger partial charge is 0.344 e. The molecule has 0 atom stereocenters. The molecule has 0 aliphatic carbocycles. The Kier molecular flexibility index (Phi) is 5.70. The van der Waals surface area contributed by atoms with Gasteiger partial charge in [-0.15, -0.1) is 0 Å². The number of hydrogen-bond acceptors (Lipinski definition) is 4. The van der Waals surface area contributed by atoms with Crippen LogP contribution in [-0.4, -0.2) is 25.1 Å². The first-order chi connectivity index (χ1) is 8.63. The van der Waals surface area contributed by atoms with Crippen LogP contribution in [0.5, 0.6) is 5.75 Å². The quantitative estimate of drug-likeness (QED) is 0.588. The maximum absolute atomic E-state index is 11.2. The van der Waals surface area contributed by atoms with E-state index in [1.54, 1.807) is 24.3 Å². The highest BCUT2D eigenvalue weighted by molar-refractivity contribution is 5.92. The van der Waals surface area contributed by atoms with E-state index in [-0.39, 0.29) is 6.61 Å². The average molecular weight is 251 g/mol. The zero-order valence-electron chi connectivity index (χ0n) is 10.3. The van der Waals surface area contributed by atoms with Gasteiger partial charge >= 0.3 is 5.97 Å². The Bertz CT molecular complexity index is 400. The molecule has 0 radical (unpaired) electrons. The summed E-state index contributed by atoms with van der Waals surface area (Å²) in [4.78, 5) is 22.1. The maximum Gasteiger partial charge on any atom is 0.344 e. The van der Waals surface area contributed by atoms with Gasteiger partial charge in [0.2, 0.25) is 5.91 Å². The molecular weight excluding hydrogens is 234 g/mol. The van der Waals surface area contributed by atoms with Gasteiger partial charge in [-0.2, -0.15) is 0 Å². The number of primary amides is 1. The normalized spacial score (nSPS) is 9.83. The molecule has 0 heterocycles. The van der Waals surface area contributed by atoms with Crippen LogP contribution in [0.1, 0.15) is 30.1 Å². The molecule has 5 nitrogen and oxygen atoms in total. The van der Waals surface area contributed by atoms with Crippen LogP contribution < -0.4 is 10.5 Å². The number of rotatable bonds is 7. The zero-order valence-corrected chi connectivity index (χ0v) is 10.3. The van der Waals surface area contributed by atoms with E-state index < -0.39 is 11.9 Å². The molecule has 0 saturated heterocycles. The van der Waals surface area contributed by atoms with Crippen molar-refractivity contribution in [2.24, 2.45) is 5.73 Å². The molecule has 0 saturated carbocycles. The van der Waals surface area contributed by atoms with Gasteiger partial charge in [0.1, 0.15) is 5.75 Å². The van der Waals surface area contributed by atoms with Gasteiger partial charge in [-0.1, -0.05) is 13.3 Å². The predicted molar refractivity (Wildman–Crippen MR) is 66.3 cm³/mol. The Morgan fingerprint density at radius 1 is 1.22 bits per heavy atom. The summed E-state index contributed by atoms with van der Waals surface area (Å²) in [6.07, 6.45) is 1.82. The summed E-state index contributed by atoms with van der Waals surface area (Å²) >= 11 is 0. The molecule has 1 amide bonds. The van der Waals surface area contributed by atoms with E-state index in [0.29, 0.717) is 17.9 Å². The molecule has 1 rings (SSSR count). The van der Waals surface area contributed by atoms with Crippen molar-refractivity contribution in [1.29, 1.82) is 0 Å². The zero-order chi connectivity index (χ0) is 13.4. The largest absolute Gasteiger partial charge is 0.482 e. The number of ether oxygens (including phenoxy) is 2. The van der Waals surface area contributed by atoms with Gasteiger partial charge < -0.3 is 15.2 Å². The van der Waals surface area contributed by atoms with Crippen LogP contribution in [0.15, 0.2) is 24.3 Å². The lowest BCUT2D eigenvalue weighted by Gasteiger charge is -2.06. The topological polar surface area (TPSA) is 78.6 Å². The van der Waals surface area contributed by atoms with Crippen molar-refractivity contribution in [2.45, 2.75) is 19.8 Å². The van der Waals surface area contributed by atoms with Gasteiger partial charge in [0.25, 0.3) is 0 Å². The molecule has 0 bridgehead atoms. The minimum absolute atomic E-state index is 0.139. The summed E-state index contributed by atoms with van der Waals surface area (Å²) in [7, 11) is 0. The SMILES string of the molecule is CCCCOC(=O)COc1ccc(C(N)=O)cc1. The lowest BCUT2D eigenvalue weighted by atomic mass is 10.2. The van der Waals surface area contributed by atoms with Gasteiger partial charge in [-0.25, -0.2) is 4.79 Å². The van der Waals surface area contributed by atoms with Crippen LogP contribution in [0.3, 0.4) is 0 Å². The second-order valence-corrected chi connectivity index (χ2v) is 3.75. The van der Waals surface area contributed by atoms with Gasteiger partial charge in [0.05, 0.1) is 6.61 Å². The Hall–Kier alpha value is -2.04. The van der Waals surface area contributed by atoms with Gasteiger partial charge in [0.15, 0.2) is 6.61 Å². The van der Waals surface area contributed by atoms with E-state index in [2.05, 4.69) is 0 Å². The Labute approximate surface area is 106 Å². The fourth-order valence-corrected chi connectivity index (χ4v) is 1.23. The first-order valence-corrected chi connectivity index (χ1v) is 5.81. The van der Waals surface area contributed by atoms with E-state index in [1.165, 1.54) is 0 Å². The van der Waals surface area contributed by atoms with Crippen LogP contribution in [0.25, 0.3) is 0 Å².